The van der Waals surface area contributed by atoms with Crippen molar-refractivity contribution in [2.24, 2.45) is 10.7 Å². The van der Waals surface area contributed by atoms with Crippen LogP contribution in [0.5, 0.6) is 0 Å². The number of nitrogens with two attached hydrogens (primary N) is 1. The van der Waals surface area contributed by atoms with Crippen molar-refractivity contribution in [2.75, 3.05) is 18.1 Å². The number of nitrogens with zero attached hydrogens (tertiary/aromatic N) is 2. The molecule has 21 heavy (non-hydrogen) atoms. The first kappa shape index (κ1) is 14.7. The van der Waals surface area contributed by atoms with Crippen LogP contribution in [0.1, 0.15) is 33.1 Å². The molecule has 2 atom stereocenters. The third kappa shape index (κ3) is 2.51. The fourth-order valence-corrected chi connectivity index (χ4v) is 3.61. The fraction of sp³-hybridized carbons (Fsp3) is 0.562. The van der Waals surface area contributed by atoms with Crippen LogP contribution in [0.15, 0.2) is 29.3 Å². The number of anilines is 1. The first-order valence-electron chi connectivity index (χ1n) is 7.48. The third-order valence-electron chi connectivity index (χ3n) is 4.79. The molecule has 2 heterocycles. The Kier molecular flexibility index (Phi) is 3.62. The van der Waals surface area contributed by atoms with Gasteiger partial charge in [0, 0.05) is 23.7 Å². The van der Waals surface area contributed by atoms with E-state index in [0.29, 0.717) is 5.96 Å². The zero-order valence-electron chi connectivity index (χ0n) is 12.6. The Morgan fingerprint density at radius 2 is 2.10 bits per heavy atom. The summed E-state index contributed by atoms with van der Waals surface area (Å²) in [6.07, 6.45) is 2.86. The molecule has 0 radical (unpaired) electrons. The highest BCUT2D eigenvalue weighted by molar-refractivity contribution is 6.30. The van der Waals surface area contributed by atoms with E-state index in [1.807, 2.05) is 24.3 Å². The smallest absolute Gasteiger partial charge is 0.196 e. The van der Waals surface area contributed by atoms with Gasteiger partial charge in [-0.1, -0.05) is 18.5 Å². The van der Waals surface area contributed by atoms with Crippen molar-refractivity contribution in [2.45, 2.75) is 44.2 Å². The number of aliphatic imine (C=N–C) groups is 1. The van der Waals surface area contributed by atoms with Crippen molar-refractivity contribution in [1.82, 2.24) is 0 Å². The summed E-state index contributed by atoms with van der Waals surface area (Å²) in [6, 6.07) is 7.82. The van der Waals surface area contributed by atoms with Gasteiger partial charge in [-0.25, -0.2) is 0 Å². The molecule has 0 aliphatic carbocycles. The Morgan fingerprint density at radius 1 is 1.38 bits per heavy atom. The SMILES string of the molecule is CCC1(C)CC2(CCO1)CN=C(N)N2c1ccc(Cl)cc1. The van der Waals surface area contributed by atoms with Crippen molar-refractivity contribution in [3.8, 4) is 0 Å². The molecule has 0 amide bonds. The molecule has 2 N–H and O–H groups in total. The lowest BCUT2D eigenvalue weighted by Crippen LogP contribution is -2.59. The second-order valence-corrected chi connectivity index (χ2v) is 6.73. The Balaban J connectivity index is 1.96. The predicted octanol–water partition coefficient (Wildman–Crippen LogP) is 3.19. The van der Waals surface area contributed by atoms with E-state index in [2.05, 4.69) is 23.7 Å². The highest BCUT2D eigenvalue weighted by atomic mass is 35.5. The highest BCUT2D eigenvalue weighted by Gasteiger charge is 2.50. The summed E-state index contributed by atoms with van der Waals surface area (Å²) in [6.45, 7) is 5.84. The normalized spacial score (nSPS) is 32.5. The Bertz CT molecular complexity index is 559. The minimum absolute atomic E-state index is 0.0685. The molecule has 0 aromatic heterocycles. The van der Waals surface area contributed by atoms with E-state index in [1.165, 1.54) is 0 Å². The molecule has 1 fully saturated rings. The molecule has 0 bridgehead atoms. The van der Waals surface area contributed by atoms with Crippen LogP contribution < -0.4 is 10.6 Å². The Hall–Kier alpha value is -1.26. The predicted molar refractivity (Wildman–Crippen MR) is 87.0 cm³/mol. The van der Waals surface area contributed by atoms with Gasteiger partial charge in [0.2, 0.25) is 0 Å². The number of halogens is 1. The number of hydrogen-bond donors (Lipinski definition) is 1. The number of rotatable bonds is 2. The summed E-state index contributed by atoms with van der Waals surface area (Å²) < 4.78 is 6.00. The van der Waals surface area contributed by atoms with E-state index in [9.17, 15) is 0 Å². The zero-order valence-corrected chi connectivity index (χ0v) is 13.4. The van der Waals surface area contributed by atoms with Gasteiger partial charge in [-0.15, -0.1) is 0 Å². The maximum absolute atomic E-state index is 6.19. The van der Waals surface area contributed by atoms with Crippen molar-refractivity contribution < 1.29 is 4.74 Å². The average molecular weight is 308 g/mol. The van der Waals surface area contributed by atoms with Gasteiger partial charge in [0.1, 0.15) is 0 Å². The summed E-state index contributed by atoms with van der Waals surface area (Å²) in [5, 5.41) is 0.730. The molecule has 2 aliphatic rings. The first-order chi connectivity index (χ1) is 9.98. The minimum atomic E-state index is -0.108. The van der Waals surface area contributed by atoms with Gasteiger partial charge in [0.05, 0.1) is 17.7 Å². The number of benzene rings is 1. The minimum Gasteiger partial charge on any atom is -0.375 e. The van der Waals surface area contributed by atoms with Crippen molar-refractivity contribution in [3.05, 3.63) is 29.3 Å². The molecule has 2 aliphatic heterocycles. The van der Waals surface area contributed by atoms with Crippen LogP contribution in [-0.4, -0.2) is 30.3 Å². The van der Waals surface area contributed by atoms with Crippen LogP contribution in [0, 0.1) is 0 Å². The number of ether oxygens (including phenoxy) is 1. The second-order valence-electron chi connectivity index (χ2n) is 6.29. The topological polar surface area (TPSA) is 50.9 Å². The Labute approximate surface area is 130 Å². The van der Waals surface area contributed by atoms with E-state index >= 15 is 0 Å². The number of hydrogen-bond acceptors (Lipinski definition) is 4. The lowest BCUT2D eigenvalue weighted by molar-refractivity contribution is -0.0902. The van der Waals surface area contributed by atoms with E-state index in [1.54, 1.807) is 0 Å². The van der Waals surface area contributed by atoms with Crippen molar-refractivity contribution in [3.63, 3.8) is 0 Å². The highest BCUT2D eigenvalue weighted by Crippen LogP contribution is 2.42. The van der Waals surface area contributed by atoms with E-state index in [4.69, 9.17) is 22.1 Å². The summed E-state index contributed by atoms with van der Waals surface area (Å²) >= 11 is 6.00. The van der Waals surface area contributed by atoms with E-state index < -0.39 is 0 Å². The number of guanidine groups is 1. The van der Waals surface area contributed by atoms with Gasteiger partial charge >= 0.3 is 0 Å². The lowest BCUT2D eigenvalue weighted by atomic mass is 9.78. The van der Waals surface area contributed by atoms with E-state index in [0.717, 1.165) is 43.1 Å². The monoisotopic (exact) mass is 307 g/mol. The van der Waals surface area contributed by atoms with Gasteiger partial charge in [-0.2, -0.15) is 0 Å². The van der Waals surface area contributed by atoms with Gasteiger partial charge in [-0.05, 0) is 44.0 Å². The molecule has 1 saturated heterocycles. The largest absolute Gasteiger partial charge is 0.375 e. The lowest BCUT2D eigenvalue weighted by Gasteiger charge is -2.48. The van der Waals surface area contributed by atoms with Crippen LogP contribution in [-0.2, 0) is 4.74 Å². The molecule has 1 spiro atoms. The van der Waals surface area contributed by atoms with Crippen molar-refractivity contribution in [1.29, 1.82) is 0 Å². The molecular weight excluding hydrogens is 286 g/mol. The molecule has 5 heteroatoms. The quantitative estimate of drug-likeness (QED) is 0.913. The van der Waals surface area contributed by atoms with Crippen LogP contribution in [0.4, 0.5) is 5.69 Å². The molecular formula is C16H22ClN3O. The van der Waals surface area contributed by atoms with Gasteiger partial charge < -0.3 is 15.4 Å². The Morgan fingerprint density at radius 3 is 2.76 bits per heavy atom. The van der Waals surface area contributed by atoms with Crippen LogP contribution in [0.25, 0.3) is 0 Å². The zero-order chi connectivity index (χ0) is 15.1. The molecule has 4 nitrogen and oxygen atoms in total. The van der Waals surface area contributed by atoms with Gasteiger partial charge in [0.25, 0.3) is 0 Å². The molecule has 0 saturated carbocycles. The molecule has 3 rings (SSSR count). The summed E-state index contributed by atoms with van der Waals surface area (Å²) in [4.78, 5) is 6.71. The third-order valence-corrected chi connectivity index (χ3v) is 5.04. The summed E-state index contributed by atoms with van der Waals surface area (Å²) in [7, 11) is 0. The molecule has 2 unspecified atom stereocenters. The van der Waals surface area contributed by atoms with Gasteiger partial charge in [0.15, 0.2) is 5.96 Å². The standard InChI is InChI=1S/C16H22ClN3O/c1-3-15(2)10-16(8-9-21-15)11-19-14(18)20(16)13-6-4-12(17)5-7-13/h4-7H,3,8-11H2,1-2H3,(H2,18,19). The van der Waals surface area contributed by atoms with Crippen LogP contribution in [0.2, 0.25) is 5.02 Å². The van der Waals surface area contributed by atoms with Crippen molar-refractivity contribution >= 4 is 23.2 Å². The second kappa shape index (κ2) is 5.18. The maximum atomic E-state index is 6.19. The maximum Gasteiger partial charge on any atom is 0.196 e. The van der Waals surface area contributed by atoms with Crippen LogP contribution >= 0.6 is 11.6 Å². The van der Waals surface area contributed by atoms with Gasteiger partial charge in [-0.3, -0.25) is 4.99 Å². The first-order valence-corrected chi connectivity index (χ1v) is 7.86. The average Bonchev–Trinajstić information content (AvgIpc) is 2.77. The van der Waals surface area contributed by atoms with E-state index in [-0.39, 0.29) is 11.1 Å². The molecule has 114 valence electrons. The summed E-state index contributed by atoms with van der Waals surface area (Å²) in [5.74, 6) is 0.595. The molecule has 1 aromatic carbocycles. The summed E-state index contributed by atoms with van der Waals surface area (Å²) in [5.41, 5.74) is 7.06. The molecule has 1 aromatic rings. The fourth-order valence-electron chi connectivity index (χ4n) is 3.48. The van der Waals surface area contributed by atoms with Crippen LogP contribution in [0.3, 0.4) is 0 Å².